The van der Waals surface area contributed by atoms with E-state index in [1.165, 1.54) is 6.92 Å². The van der Waals surface area contributed by atoms with E-state index in [2.05, 4.69) is 5.32 Å². The maximum absolute atomic E-state index is 12.0. The first-order valence-corrected chi connectivity index (χ1v) is 5.33. The van der Waals surface area contributed by atoms with Gasteiger partial charge in [0.25, 0.3) is 0 Å². The number of halogens is 3. The summed E-state index contributed by atoms with van der Waals surface area (Å²) in [5.74, 6) is -0.635. The Hall–Kier alpha value is -0.780. The van der Waals surface area contributed by atoms with Crippen molar-refractivity contribution in [2.24, 2.45) is 11.7 Å². The Kier molecular flexibility index (Phi) is 6.40. The fraction of sp³-hybridized carbons (Fsp3) is 0.900. The highest BCUT2D eigenvalue weighted by Gasteiger charge is 2.30. The molecular formula is C10H19F3N2O. The van der Waals surface area contributed by atoms with Crippen LogP contribution in [0, 0.1) is 5.92 Å². The van der Waals surface area contributed by atoms with Gasteiger partial charge in [0.2, 0.25) is 5.91 Å². The van der Waals surface area contributed by atoms with Gasteiger partial charge in [0, 0.05) is 12.0 Å². The molecule has 3 nitrogen and oxygen atoms in total. The van der Waals surface area contributed by atoms with Crippen molar-refractivity contribution in [2.45, 2.75) is 45.3 Å². The summed E-state index contributed by atoms with van der Waals surface area (Å²) in [7, 11) is 0. The molecule has 0 saturated carbocycles. The van der Waals surface area contributed by atoms with Gasteiger partial charge < -0.3 is 11.1 Å². The molecule has 0 radical (unpaired) electrons. The molecule has 0 aromatic heterocycles. The van der Waals surface area contributed by atoms with Crippen molar-refractivity contribution in [1.82, 2.24) is 5.32 Å². The van der Waals surface area contributed by atoms with Crippen LogP contribution in [0.2, 0.25) is 0 Å². The van der Waals surface area contributed by atoms with Crippen LogP contribution >= 0.6 is 0 Å². The van der Waals surface area contributed by atoms with Gasteiger partial charge in [-0.3, -0.25) is 4.79 Å². The molecule has 1 amide bonds. The van der Waals surface area contributed by atoms with Crippen LogP contribution in [0.3, 0.4) is 0 Å². The largest absolute Gasteiger partial charge is 0.391 e. The van der Waals surface area contributed by atoms with Gasteiger partial charge in [-0.2, -0.15) is 13.2 Å². The third-order valence-electron chi connectivity index (χ3n) is 2.22. The fourth-order valence-corrected chi connectivity index (χ4v) is 1.34. The molecule has 96 valence electrons. The third-order valence-corrected chi connectivity index (χ3v) is 2.22. The molecule has 0 bridgehead atoms. The fourth-order valence-electron chi connectivity index (χ4n) is 1.34. The first kappa shape index (κ1) is 15.2. The second-order valence-electron chi connectivity index (χ2n) is 4.06. The average molecular weight is 240 g/mol. The zero-order valence-electron chi connectivity index (χ0n) is 9.60. The predicted octanol–water partition coefficient (Wildman–Crippen LogP) is 1.82. The second kappa shape index (κ2) is 6.73. The molecule has 2 unspecified atom stereocenters. The summed E-state index contributed by atoms with van der Waals surface area (Å²) in [6.07, 6.45) is -3.95. The topological polar surface area (TPSA) is 55.1 Å². The lowest BCUT2D eigenvalue weighted by molar-refractivity contribution is -0.142. The highest BCUT2D eigenvalue weighted by Crippen LogP contribution is 2.21. The molecule has 16 heavy (non-hydrogen) atoms. The predicted molar refractivity (Wildman–Crippen MR) is 55.7 cm³/mol. The maximum atomic E-state index is 12.0. The number of hydrogen-bond donors (Lipinski definition) is 2. The standard InChI is InChI=1S/C10H19F3N2O/c1-7(4-3-5-14)9(16)15-8(2)6-10(11,12)13/h7-8H,3-6,14H2,1-2H3,(H,15,16). The Morgan fingerprint density at radius 1 is 1.38 bits per heavy atom. The molecule has 0 aromatic carbocycles. The Morgan fingerprint density at radius 2 is 1.94 bits per heavy atom. The van der Waals surface area contributed by atoms with Gasteiger partial charge in [-0.25, -0.2) is 0 Å². The van der Waals surface area contributed by atoms with Crippen molar-refractivity contribution in [3.63, 3.8) is 0 Å². The molecule has 3 N–H and O–H groups in total. The zero-order valence-corrected chi connectivity index (χ0v) is 9.60. The maximum Gasteiger partial charge on any atom is 0.391 e. The zero-order chi connectivity index (χ0) is 12.8. The summed E-state index contributed by atoms with van der Waals surface area (Å²) < 4.78 is 36.0. The Balaban J connectivity index is 3.94. The molecular weight excluding hydrogens is 221 g/mol. The van der Waals surface area contributed by atoms with E-state index in [1.54, 1.807) is 6.92 Å². The number of nitrogens with one attached hydrogen (secondary N) is 1. The van der Waals surface area contributed by atoms with Crippen LogP contribution in [0.1, 0.15) is 33.1 Å². The number of nitrogens with two attached hydrogens (primary N) is 1. The van der Waals surface area contributed by atoms with E-state index in [1.807, 2.05) is 0 Å². The summed E-state index contributed by atoms with van der Waals surface area (Å²) in [6.45, 7) is 3.52. The summed E-state index contributed by atoms with van der Waals surface area (Å²) in [6, 6.07) is -0.882. The van der Waals surface area contributed by atoms with Crippen molar-refractivity contribution in [1.29, 1.82) is 0 Å². The lowest BCUT2D eigenvalue weighted by atomic mass is 10.0. The highest BCUT2D eigenvalue weighted by atomic mass is 19.4. The van der Waals surface area contributed by atoms with Gasteiger partial charge in [0.15, 0.2) is 0 Å². The summed E-state index contributed by atoms with van der Waals surface area (Å²) in [5, 5.41) is 2.35. The number of rotatable bonds is 6. The molecule has 0 rings (SSSR count). The van der Waals surface area contributed by atoms with E-state index >= 15 is 0 Å². The molecule has 6 heteroatoms. The molecule has 0 aliphatic carbocycles. The molecule has 0 aliphatic heterocycles. The number of alkyl halides is 3. The summed E-state index contributed by atoms with van der Waals surface area (Å²) >= 11 is 0. The minimum atomic E-state index is -4.24. The average Bonchev–Trinajstić information content (AvgIpc) is 2.10. The molecule has 2 atom stereocenters. The van der Waals surface area contributed by atoms with Gasteiger partial charge >= 0.3 is 6.18 Å². The highest BCUT2D eigenvalue weighted by molar-refractivity contribution is 5.78. The van der Waals surface area contributed by atoms with E-state index in [4.69, 9.17) is 5.73 Å². The Labute approximate surface area is 93.6 Å². The molecule has 0 aliphatic rings. The lowest BCUT2D eigenvalue weighted by Gasteiger charge is -2.18. The molecule has 0 spiro atoms. The first-order chi connectivity index (χ1) is 7.26. The number of hydrogen-bond acceptors (Lipinski definition) is 2. The third kappa shape index (κ3) is 7.50. The van der Waals surface area contributed by atoms with Crippen LogP contribution in [-0.4, -0.2) is 24.7 Å². The van der Waals surface area contributed by atoms with Crippen LogP contribution in [0.25, 0.3) is 0 Å². The van der Waals surface area contributed by atoms with Crippen molar-refractivity contribution < 1.29 is 18.0 Å². The second-order valence-corrected chi connectivity index (χ2v) is 4.06. The molecule has 0 fully saturated rings. The minimum Gasteiger partial charge on any atom is -0.353 e. The van der Waals surface area contributed by atoms with Gasteiger partial charge in [0.1, 0.15) is 0 Å². The van der Waals surface area contributed by atoms with E-state index in [0.29, 0.717) is 19.4 Å². The Morgan fingerprint density at radius 3 is 2.38 bits per heavy atom. The SMILES string of the molecule is CC(CC(F)(F)F)NC(=O)C(C)CCCN. The lowest BCUT2D eigenvalue weighted by Crippen LogP contribution is -2.39. The van der Waals surface area contributed by atoms with Crippen LogP contribution in [0.4, 0.5) is 13.2 Å². The van der Waals surface area contributed by atoms with E-state index in [0.717, 1.165) is 0 Å². The minimum absolute atomic E-state index is 0.292. The molecule has 0 heterocycles. The van der Waals surface area contributed by atoms with Gasteiger partial charge in [-0.05, 0) is 26.3 Å². The Bertz CT molecular complexity index is 219. The number of carbonyl (C=O) groups excluding carboxylic acids is 1. The normalized spacial score (nSPS) is 15.6. The smallest absolute Gasteiger partial charge is 0.353 e. The van der Waals surface area contributed by atoms with E-state index in [9.17, 15) is 18.0 Å². The summed E-state index contributed by atoms with van der Waals surface area (Å²) in [4.78, 5) is 11.4. The van der Waals surface area contributed by atoms with Crippen molar-refractivity contribution in [3.05, 3.63) is 0 Å². The molecule has 0 saturated heterocycles. The van der Waals surface area contributed by atoms with Crippen molar-refractivity contribution >= 4 is 5.91 Å². The van der Waals surface area contributed by atoms with Crippen molar-refractivity contribution in [2.75, 3.05) is 6.54 Å². The van der Waals surface area contributed by atoms with Crippen molar-refractivity contribution in [3.8, 4) is 0 Å². The van der Waals surface area contributed by atoms with Gasteiger partial charge in [0.05, 0.1) is 6.42 Å². The summed E-state index contributed by atoms with van der Waals surface area (Å²) in [5.41, 5.74) is 5.28. The van der Waals surface area contributed by atoms with Gasteiger partial charge in [-0.1, -0.05) is 6.92 Å². The van der Waals surface area contributed by atoms with Gasteiger partial charge in [-0.15, -0.1) is 0 Å². The number of amides is 1. The van der Waals surface area contributed by atoms with E-state index < -0.39 is 18.6 Å². The van der Waals surface area contributed by atoms with Crippen LogP contribution < -0.4 is 11.1 Å². The number of carbonyl (C=O) groups is 1. The van der Waals surface area contributed by atoms with Crippen LogP contribution in [-0.2, 0) is 4.79 Å². The first-order valence-electron chi connectivity index (χ1n) is 5.33. The van der Waals surface area contributed by atoms with Crippen LogP contribution in [0.5, 0.6) is 0 Å². The quantitative estimate of drug-likeness (QED) is 0.744. The molecule has 0 aromatic rings. The van der Waals surface area contributed by atoms with E-state index in [-0.39, 0.29) is 11.8 Å². The van der Waals surface area contributed by atoms with Crippen LogP contribution in [0.15, 0.2) is 0 Å². The monoisotopic (exact) mass is 240 g/mol.